The fourth-order valence-electron chi connectivity index (χ4n) is 1.69. The van der Waals surface area contributed by atoms with Crippen LogP contribution in [0.4, 0.5) is 0 Å². The maximum atomic E-state index is 11.7. The first-order chi connectivity index (χ1) is 10.6. The molecule has 12 heteroatoms. The smallest absolute Gasteiger partial charge is 0.332 e. The summed E-state index contributed by atoms with van der Waals surface area (Å²) in [6.45, 7) is 0. The molecule has 0 amide bonds. The molecule has 0 fully saturated rings. The average molecular weight is 360 g/mol. The van der Waals surface area contributed by atoms with Gasteiger partial charge in [-0.15, -0.1) is 12.4 Å². The van der Waals surface area contributed by atoms with E-state index < -0.39 is 0 Å². The molecule has 0 aliphatic rings. The van der Waals surface area contributed by atoms with Gasteiger partial charge in [-0.3, -0.25) is 19.3 Å². The molecule has 0 radical (unpaired) electrons. The Morgan fingerprint density at radius 1 is 1.21 bits per heavy atom. The lowest BCUT2D eigenvalue weighted by Gasteiger charge is -2.08. The van der Waals surface area contributed by atoms with E-state index >= 15 is 0 Å². The van der Waals surface area contributed by atoms with Gasteiger partial charge in [0.15, 0.2) is 17.1 Å². The van der Waals surface area contributed by atoms with E-state index in [0.717, 1.165) is 4.57 Å². The zero-order valence-corrected chi connectivity index (χ0v) is 15.0. The lowest BCUT2D eigenvalue weighted by atomic mass is 10.5. The van der Waals surface area contributed by atoms with Gasteiger partial charge in [-0.05, 0) is 0 Å². The molecule has 2 aromatic rings. The van der Waals surface area contributed by atoms with Gasteiger partial charge in [0.05, 0.1) is 6.33 Å². The minimum absolute atomic E-state index is 0. The van der Waals surface area contributed by atoms with Crippen molar-refractivity contribution in [3.8, 4) is 0 Å². The van der Waals surface area contributed by atoms with Crippen LogP contribution in [0, 0.1) is 5.41 Å². The highest BCUT2D eigenvalue weighted by Gasteiger charge is 2.11. The molecule has 134 valence electrons. The number of halogens is 1. The van der Waals surface area contributed by atoms with Crippen LogP contribution in [0.2, 0.25) is 0 Å². The molecule has 0 unspecified atom stereocenters. The number of aromatic nitrogens is 4. The quantitative estimate of drug-likeness (QED) is 0.370. The van der Waals surface area contributed by atoms with Crippen molar-refractivity contribution in [3.05, 3.63) is 27.2 Å². The Hall–Kier alpha value is -2.82. The maximum Gasteiger partial charge on any atom is 0.332 e. The predicted molar refractivity (Wildman–Crippen MR) is 95.7 cm³/mol. The third kappa shape index (κ3) is 4.35. The van der Waals surface area contributed by atoms with Gasteiger partial charge in [0.25, 0.3) is 5.56 Å². The second-order valence-electron chi connectivity index (χ2n) is 4.98. The molecule has 11 nitrogen and oxygen atoms in total. The van der Waals surface area contributed by atoms with E-state index in [1.165, 1.54) is 17.9 Å². The first-order valence-corrected chi connectivity index (χ1v) is 6.50. The molecular weight excluding hydrogens is 338 g/mol. The molecule has 0 saturated carbocycles. The molecule has 2 aromatic heterocycles. The molecule has 0 bridgehead atoms. The summed E-state index contributed by atoms with van der Waals surface area (Å²) in [4.78, 5) is 32.2. The average Bonchev–Trinajstić information content (AvgIpc) is 2.84. The van der Waals surface area contributed by atoms with Crippen molar-refractivity contribution in [3.63, 3.8) is 0 Å². The minimum Gasteiger partial charge on any atom is -0.369 e. The first-order valence-electron chi connectivity index (χ1n) is 6.50. The standard InChI is InChI=1S/C8H10N4O2.C4H11N5.ClH/c1-10-4-9-6-5(10)7(13)12(3)8(14)11(6)2;1-9(2)4(7)8-3(5)6;/h4H,1-3H3;1-2H3,(H5,5,6,7,8);1H. The molecular formula is C12H22ClN9O2. The summed E-state index contributed by atoms with van der Waals surface area (Å²) in [5, 5.41) is 6.70. The van der Waals surface area contributed by atoms with Crippen LogP contribution in [0.5, 0.6) is 0 Å². The Labute approximate surface area is 144 Å². The van der Waals surface area contributed by atoms with Crippen LogP contribution in [0.3, 0.4) is 0 Å². The van der Waals surface area contributed by atoms with E-state index in [1.54, 1.807) is 37.7 Å². The van der Waals surface area contributed by atoms with Crippen molar-refractivity contribution in [2.75, 3.05) is 14.1 Å². The Morgan fingerprint density at radius 3 is 2.17 bits per heavy atom. The summed E-state index contributed by atoms with van der Waals surface area (Å²) in [6.07, 6.45) is 1.52. The van der Waals surface area contributed by atoms with E-state index in [0.29, 0.717) is 11.2 Å². The van der Waals surface area contributed by atoms with Gasteiger partial charge >= 0.3 is 5.69 Å². The number of nitrogens with zero attached hydrogens (tertiary/aromatic N) is 6. The largest absolute Gasteiger partial charge is 0.369 e. The number of aryl methyl sites for hydroxylation is 2. The number of hydrogen-bond acceptors (Lipinski definition) is 4. The third-order valence-corrected chi connectivity index (χ3v) is 3.01. The lowest BCUT2D eigenvalue weighted by molar-refractivity contribution is 0.615. The number of nitrogens with two attached hydrogens (primary N) is 2. The zero-order chi connectivity index (χ0) is 17.9. The molecule has 0 atom stereocenters. The monoisotopic (exact) mass is 359 g/mol. The second-order valence-corrected chi connectivity index (χ2v) is 4.98. The predicted octanol–water partition coefficient (Wildman–Crippen LogP) is -1.85. The SMILES string of the molecule is CN(C)C(N)=NC(=N)N.Cl.Cn1c(=O)c2c(ncn2C)n(C)c1=O. The maximum absolute atomic E-state index is 11.7. The van der Waals surface area contributed by atoms with Crippen molar-refractivity contribution in [2.45, 2.75) is 0 Å². The van der Waals surface area contributed by atoms with E-state index in [2.05, 4.69) is 9.98 Å². The van der Waals surface area contributed by atoms with E-state index in [9.17, 15) is 9.59 Å². The fourth-order valence-corrected chi connectivity index (χ4v) is 1.69. The summed E-state index contributed by atoms with van der Waals surface area (Å²) >= 11 is 0. The Balaban J connectivity index is 0.000000468. The number of guanidine groups is 2. The molecule has 5 N–H and O–H groups in total. The highest BCUT2D eigenvalue weighted by molar-refractivity contribution is 5.91. The van der Waals surface area contributed by atoms with Gasteiger partial charge in [-0.2, -0.15) is 4.99 Å². The van der Waals surface area contributed by atoms with Gasteiger partial charge in [-0.1, -0.05) is 0 Å². The molecule has 0 aliphatic heterocycles. The number of hydrogen-bond donors (Lipinski definition) is 3. The van der Waals surface area contributed by atoms with Crippen LogP contribution < -0.4 is 22.7 Å². The molecule has 2 rings (SSSR count). The van der Waals surface area contributed by atoms with Crippen molar-refractivity contribution in [1.29, 1.82) is 5.41 Å². The normalized spacial score (nSPS) is 10.6. The van der Waals surface area contributed by atoms with Crippen molar-refractivity contribution >= 4 is 35.5 Å². The number of rotatable bonds is 0. The highest BCUT2D eigenvalue weighted by Crippen LogP contribution is 2.01. The fraction of sp³-hybridized carbons (Fsp3) is 0.417. The van der Waals surface area contributed by atoms with Crippen molar-refractivity contribution in [2.24, 2.45) is 37.6 Å². The van der Waals surface area contributed by atoms with Crippen LogP contribution in [0.25, 0.3) is 11.2 Å². The summed E-state index contributed by atoms with van der Waals surface area (Å²) < 4.78 is 4.04. The molecule has 2 heterocycles. The summed E-state index contributed by atoms with van der Waals surface area (Å²) in [5.41, 5.74) is 10.4. The van der Waals surface area contributed by atoms with E-state index in [1.807, 2.05) is 0 Å². The Bertz CT molecular complexity index is 875. The third-order valence-electron chi connectivity index (χ3n) is 3.01. The van der Waals surface area contributed by atoms with Crippen LogP contribution >= 0.6 is 12.4 Å². The molecule has 0 spiro atoms. The van der Waals surface area contributed by atoms with Crippen molar-refractivity contribution in [1.82, 2.24) is 23.6 Å². The van der Waals surface area contributed by atoms with Crippen LogP contribution in [0.1, 0.15) is 0 Å². The molecule has 0 aromatic carbocycles. The van der Waals surface area contributed by atoms with Crippen molar-refractivity contribution < 1.29 is 0 Å². The second kappa shape index (κ2) is 8.15. The Kier molecular flexibility index (Phi) is 7.19. The zero-order valence-electron chi connectivity index (χ0n) is 14.1. The number of fused-ring (bicyclic) bond motifs is 1. The van der Waals surface area contributed by atoms with Crippen LogP contribution in [0.15, 0.2) is 20.9 Å². The van der Waals surface area contributed by atoms with Gasteiger partial charge in [-0.25, -0.2) is 9.78 Å². The van der Waals surface area contributed by atoms with Gasteiger partial charge < -0.3 is 20.9 Å². The molecule has 24 heavy (non-hydrogen) atoms. The summed E-state index contributed by atoms with van der Waals surface area (Å²) in [7, 11) is 8.22. The van der Waals surface area contributed by atoms with Gasteiger partial charge in [0.2, 0.25) is 5.96 Å². The van der Waals surface area contributed by atoms with E-state index in [-0.39, 0.29) is 35.6 Å². The first kappa shape index (κ1) is 21.2. The summed E-state index contributed by atoms with van der Waals surface area (Å²) in [6, 6.07) is 0. The number of imidazole rings is 1. The molecule has 0 saturated heterocycles. The number of nitrogens with one attached hydrogen (secondary N) is 1. The highest BCUT2D eigenvalue weighted by atomic mass is 35.5. The summed E-state index contributed by atoms with van der Waals surface area (Å²) in [5.74, 6) is -0.0382. The lowest BCUT2D eigenvalue weighted by Crippen LogP contribution is -2.37. The van der Waals surface area contributed by atoms with Crippen LogP contribution in [-0.4, -0.2) is 49.6 Å². The van der Waals surface area contributed by atoms with Gasteiger partial charge in [0.1, 0.15) is 0 Å². The van der Waals surface area contributed by atoms with E-state index in [4.69, 9.17) is 16.9 Å². The van der Waals surface area contributed by atoms with Gasteiger partial charge in [0, 0.05) is 35.2 Å². The number of aliphatic imine (C=N–C) groups is 1. The minimum atomic E-state index is -0.360. The topological polar surface area (TPSA) is 153 Å². The Morgan fingerprint density at radius 2 is 1.75 bits per heavy atom. The molecule has 0 aliphatic carbocycles. The van der Waals surface area contributed by atoms with Crippen LogP contribution in [-0.2, 0) is 21.1 Å².